The first-order valence-corrected chi connectivity index (χ1v) is 27.2. The van der Waals surface area contributed by atoms with Gasteiger partial charge in [0.25, 0.3) is 0 Å². The molecule has 0 saturated heterocycles. The molecule has 9 aromatic carbocycles. The van der Waals surface area contributed by atoms with E-state index in [4.69, 9.17) is 38.1 Å². The van der Waals surface area contributed by atoms with Crippen molar-refractivity contribution < 1.29 is 92.7 Å². The number of aromatic hydroxyl groups is 6. The second-order valence-electron chi connectivity index (χ2n) is 21.7. The van der Waals surface area contributed by atoms with E-state index in [1.807, 2.05) is 0 Å². The largest absolute Gasteiger partial charge is 0.508 e. The number of ether oxygens (including phenoxy) is 6. The van der Waals surface area contributed by atoms with Crippen molar-refractivity contribution in [2.24, 2.45) is 0 Å². The maximum Gasteiger partial charge on any atom is 0.340 e. The van der Waals surface area contributed by atoms with Crippen molar-refractivity contribution in [1.29, 1.82) is 0 Å². The molecule has 430 valence electrons. The highest BCUT2D eigenvalue weighted by atomic mass is 17.0. The third kappa shape index (κ3) is 7.14. The van der Waals surface area contributed by atoms with Gasteiger partial charge in [0.1, 0.15) is 69.0 Å². The Kier molecular flexibility index (Phi) is 10.9. The number of hydrogen-bond acceptors (Lipinski definition) is 20. The number of phenolic OH excluding ortho intramolecular Hbond substituents is 6. The van der Waals surface area contributed by atoms with Gasteiger partial charge in [0.15, 0.2) is 22.5 Å². The van der Waals surface area contributed by atoms with E-state index < -0.39 is 82.4 Å². The van der Waals surface area contributed by atoms with Gasteiger partial charge in [-0.15, -0.1) is 0 Å². The number of carbonyl (C=O) groups is 5. The number of anilines is 1. The normalized spacial score (nSPS) is 18.8. The number of carbonyl (C=O) groups excluding carboxylic acids is 5. The van der Waals surface area contributed by atoms with Crippen molar-refractivity contribution in [3.8, 4) is 69.0 Å². The van der Waals surface area contributed by atoms with Gasteiger partial charge in [-0.2, -0.15) is 0 Å². The minimum Gasteiger partial charge on any atom is -0.508 e. The predicted molar refractivity (Wildman–Crippen MR) is 300 cm³/mol. The quantitative estimate of drug-likeness (QED) is 0.0491. The average molecular weight is 1170 g/mol. The van der Waals surface area contributed by atoms with E-state index >= 15 is 9.59 Å². The van der Waals surface area contributed by atoms with Crippen LogP contribution < -0.4 is 19.4 Å². The van der Waals surface area contributed by atoms with E-state index in [0.29, 0.717) is 33.0 Å². The molecule has 6 N–H and O–H groups in total. The molecule has 6 aliphatic heterocycles. The fourth-order valence-electron chi connectivity index (χ4n) is 13.5. The lowest BCUT2D eigenvalue weighted by molar-refractivity contribution is -0.173. The Morgan fingerprint density at radius 2 is 0.724 bits per heavy atom. The molecule has 15 rings (SSSR count). The lowest BCUT2D eigenvalue weighted by Crippen LogP contribution is -2.36. The van der Waals surface area contributed by atoms with Gasteiger partial charge in [-0.05, 0) is 97.3 Å². The Balaban J connectivity index is 0.858. The van der Waals surface area contributed by atoms with Crippen molar-refractivity contribution in [2.75, 3.05) is 5.23 Å². The van der Waals surface area contributed by atoms with Gasteiger partial charge in [0.05, 0.1) is 46.2 Å². The van der Waals surface area contributed by atoms with Gasteiger partial charge in [-0.3, -0.25) is 0 Å². The topological polar surface area (TPSA) is 284 Å². The second-order valence-corrected chi connectivity index (χ2v) is 21.7. The zero-order chi connectivity index (χ0) is 60.3. The molecule has 0 saturated carbocycles. The number of hydrogen-bond donors (Lipinski definition) is 6. The lowest BCUT2D eigenvalue weighted by Gasteiger charge is -2.39. The summed E-state index contributed by atoms with van der Waals surface area (Å²) in [6.07, 6.45) is -1.61. The first-order valence-electron chi connectivity index (χ1n) is 27.2. The average Bonchev–Trinajstić information content (AvgIpc) is 1.67. The third-order valence-electron chi connectivity index (χ3n) is 17.0. The van der Waals surface area contributed by atoms with Crippen molar-refractivity contribution >= 4 is 35.5 Å². The summed E-state index contributed by atoms with van der Waals surface area (Å²) in [4.78, 5) is 83.7. The fourth-order valence-corrected chi connectivity index (χ4v) is 13.5. The van der Waals surface area contributed by atoms with Crippen LogP contribution in [0.15, 0.2) is 146 Å². The van der Waals surface area contributed by atoms with Gasteiger partial charge in [0.2, 0.25) is 0 Å². The molecule has 0 radical (unpaired) electrons. The molecular formula is C67H43NO19. The third-order valence-corrected chi connectivity index (χ3v) is 17.0. The summed E-state index contributed by atoms with van der Waals surface area (Å²) in [6.45, 7) is 4.59. The molecule has 0 aliphatic carbocycles. The van der Waals surface area contributed by atoms with Crippen LogP contribution in [0, 0.1) is 20.8 Å². The van der Waals surface area contributed by atoms with Crippen LogP contribution in [0.5, 0.6) is 69.0 Å². The summed E-state index contributed by atoms with van der Waals surface area (Å²) in [5.41, 5.74) is -2.43. The van der Waals surface area contributed by atoms with E-state index in [1.165, 1.54) is 73.7 Å². The summed E-state index contributed by atoms with van der Waals surface area (Å²) < 4.78 is 38.0. The van der Waals surface area contributed by atoms with Gasteiger partial charge in [-0.1, -0.05) is 54.6 Å². The van der Waals surface area contributed by atoms with Crippen LogP contribution in [0.1, 0.15) is 109 Å². The van der Waals surface area contributed by atoms with Crippen LogP contribution in [0.25, 0.3) is 0 Å². The highest BCUT2D eigenvalue weighted by Crippen LogP contribution is 2.63. The standard InChI is InChI=1S/C67H43NO19/c1-30-39(47(72)27-53-58(30)65(44-19-16-33(69)22-50(44)80-53)41-13-7-4-10-36(41)62(77)83-65)25-56(75)86-68(61-32(3)60-55(29-49(61)74)82-52-24-35(71)18-21-46(52)67(60)43-15-9-6-12-38(43)64(79)85-67)87-57(76)26-40-31(2)59-54(28-48(40)73)81-51-23-34(70)17-20-45(51)66(59)42-14-8-5-11-37(42)63(78)84-66/h4-24,27-29,69-74H,25-26H2,1-3H3. The minimum absolute atomic E-state index is 0.0222. The molecule has 20 nitrogen and oxygen atoms in total. The Labute approximate surface area is 491 Å². The zero-order valence-corrected chi connectivity index (χ0v) is 45.7. The summed E-state index contributed by atoms with van der Waals surface area (Å²) in [5, 5.41) is 68.2. The number of fused-ring (bicyclic) bond motifs is 18. The summed E-state index contributed by atoms with van der Waals surface area (Å²) in [5.74, 6) is -6.51. The Bertz CT molecular complexity index is 4480. The molecule has 6 heterocycles. The van der Waals surface area contributed by atoms with Crippen LogP contribution in [0.4, 0.5) is 5.69 Å². The molecule has 0 amide bonds. The van der Waals surface area contributed by atoms with Crippen LogP contribution in [0.3, 0.4) is 0 Å². The van der Waals surface area contributed by atoms with Crippen molar-refractivity contribution in [1.82, 2.24) is 0 Å². The molecule has 0 aromatic heterocycles. The van der Waals surface area contributed by atoms with E-state index in [-0.39, 0.29) is 119 Å². The fraction of sp³-hybridized carbons (Fsp3) is 0.119. The maximum atomic E-state index is 15.0. The second kappa shape index (κ2) is 18.2. The summed E-state index contributed by atoms with van der Waals surface area (Å²) in [7, 11) is 0. The monoisotopic (exact) mass is 1170 g/mol. The van der Waals surface area contributed by atoms with Crippen molar-refractivity contribution in [3.63, 3.8) is 0 Å². The number of benzene rings is 9. The maximum absolute atomic E-state index is 15.0. The van der Waals surface area contributed by atoms with E-state index in [2.05, 4.69) is 0 Å². The number of nitrogens with zero attached hydrogens (tertiary/aromatic N) is 1. The smallest absolute Gasteiger partial charge is 0.340 e. The molecule has 0 fully saturated rings. The van der Waals surface area contributed by atoms with Crippen LogP contribution in [0.2, 0.25) is 0 Å². The van der Waals surface area contributed by atoms with Crippen LogP contribution in [-0.4, -0.2) is 60.5 Å². The van der Waals surface area contributed by atoms with Gasteiger partial charge in [-0.25, -0.2) is 24.0 Å². The van der Waals surface area contributed by atoms with Crippen molar-refractivity contribution in [2.45, 2.75) is 50.4 Å². The summed E-state index contributed by atoms with van der Waals surface area (Å²) >= 11 is 0. The zero-order valence-electron chi connectivity index (χ0n) is 45.7. The molecule has 0 bridgehead atoms. The molecular weight excluding hydrogens is 1120 g/mol. The first kappa shape index (κ1) is 52.2. The van der Waals surface area contributed by atoms with E-state index in [0.717, 1.165) is 6.07 Å². The van der Waals surface area contributed by atoms with Gasteiger partial charge < -0.3 is 68.7 Å². The number of rotatable bonds is 7. The molecule has 9 aromatic rings. The summed E-state index contributed by atoms with van der Waals surface area (Å²) in [6, 6.07) is 36.1. The van der Waals surface area contributed by atoms with Crippen LogP contribution >= 0.6 is 0 Å². The minimum atomic E-state index is -1.87. The molecule has 20 heteroatoms. The molecule has 3 spiro atoms. The highest BCUT2D eigenvalue weighted by Gasteiger charge is 2.58. The SMILES string of the molecule is Cc1c(CC(=O)ON(OC(=O)Cc2c(O)cc3c(c2C)C2(OC(=O)c4ccccc42)c2ccc(O)cc2O3)c2c(O)cc3c(c2C)C2(OC(=O)c4ccccc42)c2ccc(O)cc2O3)c(O)cc2c1C1(OC(=O)c3ccccc31)c1ccc(O)cc1O2. The Hall–Kier alpha value is -11.7. The molecule has 3 unspecified atom stereocenters. The van der Waals surface area contributed by atoms with E-state index in [9.17, 15) is 45.0 Å². The van der Waals surface area contributed by atoms with Gasteiger partial charge in [0, 0.05) is 80.9 Å². The first-order chi connectivity index (χ1) is 41.8. The molecule has 6 aliphatic rings. The number of phenols is 6. The highest BCUT2D eigenvalue weighted by molar-refractivity contribution is 6.00. The lowest BCUT2D eigenvalue weighted by atomic mass is 9.75. The van der Waals surface area contributed by atoms with Crippen LogP contribution in [-0.2, 0) is 63.1 Å². The predicted octanol–water partition coefficient (Wildman–Crippen LogP) is 10.8. The number of esters is 3. The molecule has 87 heavy (non-hydrogen) atoms. The Morgan fingerprint density at radius 3 is 1.08 bits per heavy atom. The van der Waals surface area contributed by atoms with Gasteiger partial charge >= 0.3 is 29.8 Å². The van der Waals surface area contributed by atoms with E-state index in [1.54, 1.807) is 86.6 Å². The molecule has 3 atom stereocenters. The van der Waals surface area contributed by atoms with Crippen molar-refractivity contribution in [3.05, 3.63) is 240 Å². The Morgan fingerprint density at radius 1 is 0.402 bits per heavy atom.